The maximum atomic E-state index is 12.4. The molecule has 0 saturated carbocycles. The van der Waals surface area contributed by atoms with Crippen molar-refractivity contribution >= 4 is 18.3 Å². The van der Waals surface area contributed by atoms with Gasteiger partial charge in [0.2, 0.25) is 5.91 Å². The van der Waals surface area contributed by atoms with Crippen molar-refractivity contribution in [2.45, 2.75) is 64.3 Å². The third-order valence-corrected chi connectivity index (χ3v) is 4.60. The van der Waals surface area contributed by atoms with Crippen LogP contribution in [0, 0.1) is 5.92 Å². The summed E-state index contributed by atoms with van der Waals surface area (Å²) in [4.78, 5) is 14.6. The Balaban J connectivity index is 0.00000180. The summed E-state index contributed by atoms with van der Waals surface area (Å²) in [6, 6.07) is 0.515. The third kappa shape index (κ3) is 4.96. The van der Waals surface area contributed by atoms with Gasteiger partial charge in [-0.05, 0) is 51.1 Å². The molecule has 0 aliphatic carbocycles. The zero-order valence-corrected chi connectivity index (χ0v) is 13.0. The third-order valence-electron chi connectivity index (χ3n) is 4.60. The van der Waals surface area contributed by atoms with E-state index in [-0.39, 0.29) is 12.4 Å². The summed E-state index contributed by atoms with van der Waals surface area (Å²) in [5, 5.41) is 3.38. The van der Waals surface area contributed by atoms with Crippen LogP contribution in [0.1, 0.15) is 58.3 Å². The molecule has 0 aromatic carbocycles. The smallest absolute Gasteiger partial charge is 0.222 e. The molecule has 2 rings (SSSR count). The highest BCUT2D eigenvalue weighted by Gasteiger charge is 2.24. The molecule has 2 saturated heterocycles. The van der Waals surface area contributed by atoms with Crippen LogP contribution in [-0.2, 0) is 4.79 Å². The molecular formula is C15H29ClN2O. The number of nitrogens with one attached hydrogen (secondary N) is 1. The number of amides is 1. The minimum Gasteiger partial charge on any atom is -0.340 e. The zero-order valence-electron chi connectivity index (χ0n) is 12.2. The van der Waals surface area contributed by atoms with Crippen LogP contribution in [0.25, 0.3) is 0 Å². The van der Waals surface area contributed by atoms with Crippen molar-refractivity contribution in [1.82, 2.24) is 10.2 Å². The first kappa shape index (κ1) is 16.8. The van der Waals surface area contributed by atoms with Gasteiger partial charge in [-0.15, -0.1) is 12.4 Å². The van der Waals surface area contributed by atoms with Crippen molar-refractivity contribution < 1.29 is 4.79 Å². The fourth-order valence-corrected chi connectivity index (χ4v) is 3.36. The second-order valence-electron chi connectivity index (χ2n) is 5.90. The molecule has 0 bridgehead atoms. The quantitative estimate of drug-likeness (QED) is 0.862. The van der Waals surface area contributed by atoms with Gasteiger partial charge in [-0.25, -0.2) is 0 Å². The number of rotatable bonds is 4. The van der Waals surface area contributed by atoms with Crippen LogP contribution in [-0.4, -0.2) is 36.5 Å². The molecule has 2 aliphatic heterocycles. The Hall–Kier alpha value is -0.280. The Morgan fingerprint density at radius 2 is 2.11 bits per heavy atom. The molecular weight excluding hydrogens is 260 g/mol. The number of nitrogens with zero attached hydrogens (tertiary/aromatic N) is 1. The van der Waals surface area contributed by atoms with Crippen LogP contribution in [0.4, 0.5) is 0 Å². The SMILES string of the molecule is CCC1CCCCCN1C(=O)CCC1CCNC1.Cl. The predicted octanol–water partition coefficient (Wildman–Crippen LogP) is 2.98. The van der Waals surface area contributed by atoms with Crippen LogP contribution >= 0.6 is 12.4 Å². The molecule has 1 N–H and O–H groups in total. The zero-order chi connectivity index (χ0) is 12.8. The molecule has 2 unspecified atom stereocenters. The fourth-order valence-electron chi connectivity index (χ4n) is 3.36. The Morgan fingerprint density at radius 1 is 1.26 bits per heavy atom. The van der Waals surface area contributed by atoms with E-state index < -0.39 is 0 Å². The topological polar surface area (TPSA) is 32.3 Å². The second kappa shape index (κ2) is 8.80. The minimum absolute atomic E-state index is 0. The van der Waals surface area contributed by atoms with Crippen LogP contribution in [0.3, 0.4) is 0 Å². The molecule has 2 heterocycles. The lowest BCUT2D eigenvalue weighted by Crippen LogP contribution is -2.39. The monoisotopic (exact) mass is 288 g/mol. The summed E-state index contributed by atoms with van der Waals surface area (Å²) in [7, 11) is 0. The fraction of sp³-hybridized carbons (Fsp3) is 0.933. The van der Waals surface area contributed by atoms with E-state index in [1.807, 2.05) is 0 Å². The van der Waals surface area contributed by atoms with Gasteiger partial charge in [-0.2, -0.15) is 0 Å². The summed E-state index contributed by atoms with van der Waals surface area (Å²) < 4.78 is 0. The number of hydrogen-bond donors (Lipinski definition) is 1. The first-order valence-corrected chi connectivity index (χ1v) is 7.81. The van der Waals surface area contributed by atoms with E-state index in [0.29, 0.717) is 11.9 Å². The van der Waals surface area contributed by atoms with Crippen molar-refractivity contribution in [2.75, 3.05) is 19.6 Å². The van der Waals surface area contributed by atoms with Gasteiger partial charge in [-0.1, -0.05) is 19.8 Å². The number of carbonyl (C=O) groups is 1. The van der Waals surface area contributed by atoms with Gasteiger partial charge in [0.1, 0.15) is 0 Å². The molecule has 0 aromatic rings. The van der Waals surface area contributed by atoms with E-state index in [1.165, 1.54) is 32.1 Å². The Kier molecular flexibility index (Phi) is 7.77. The molecule has 0 spiro atoms. The average Bonchev–Trinajstić information content (AvgIpc) is 2.79. The lowest BCUT2D eigenvalue weighted by atomic mass is 10.0. The second-order valence-corrected chi connectivity index (χ2v) is 5.90. The van der Waals surface area contributed by atoms with Crippen LogP contribution in [0.15, 0.2) is 0 Å². The highest BCUT2D eigenvalue weighted by Crippen LogP contribution is 2.22. The van der Waals surface area contributed by atoms with Crippen molar-refractivity contribution in [3.05, 3.63) is 0 Å². The molecule has 2 aliphatic rings. The maximum Gasteiger partial charge on any atom is 0.222 e. The highest BCUT2D eigenvalue weighted by atomic mass is 35.5. The Morgan fingerprint density at radius 3 is 2.79 bits per heavy atom. The molecule has 2 fully saturated rings. The van der Waals surface area contributed by atoms with E-state index in [0.717, 1.165) is 44.8 Å². The van der Waals surface area contributed by atoms with E-state index in [4.69, 9.17) is 0 Å². The van der Waals surface area contributed by atoms with Crippen molar-refractivity contribution in [1.29, 1.82) is 0 Å². The lowest BCUT2D eigenvalue weighted by Gasteiger charge is -2.29. The van der Waals surface area contributed by atoms with Gasteiger partial charge < -0.3 is 10.2 Å². The standard InChI is InChI=1S/C15H28N2O.ClH/c1-2-14-6-4-3-5-11-17(14)15(18)8-7-13-9-10-16-12-13;/h13-14,16H,2-12H2,1H3;1H. The largest absolute Gasteiger partial charge is 0.340 e. The Bertz CT molecular complexity index is 267. The average molecular weight is 289 g/mol. The number of halogens is 1. The first-order chi connectivity index (χ1) is 8.81. The van der Waals surface area contributed by atoms with Gasteiger partial charge in [0.15, 0.2) is 0 Å². The van der Waals surface area contributed by atoms with E-state index in [2.05, 4.69) is 17.1 Å². The summed E-state index contributed by atoms with van der Waals surface area (Å²) in [5.74, 6) is 1.15. The number of hydrogen-bond acceptors (Lipinski definition) is 2. The molecule has 112 valence electrons. The Labute approximate surface area is 123 Å². The molecule has 4 heteroatoms. The summed E-state index contributed by atoms with van der Waals surface area (Å²) in [5.41, 5.74) is 0. The number of likely N-dealkylation sites (tertiary alicyclic amines) is 1. The molecule has 1 amide bonds. The normalized spacial score (nSPS) is 27.7. The van der Waals surface area contributed by atoms with Crippen LogP contribution in [0.5, 0.6) is 0 Å². The predicted molar refractivity (Wildman–Crippen MR) is 81.7 cm³/mol. The molecule has 0 aromatic heterocycles. The molecule has 0 radical (unpaired) electrons. The summed E-state index contributed by atoms with van der Waals surface area (Å²) >= 11 is 0. The highest BCUT2D eigenvalue weighted by molar-refractivity contribution is 5.85. The van der Waals surface area contributed by atoms with Crippen LogP contribution in [0.2, 0.25) is 0 Å². The molecule has 3 nitrogen and oxygen atoms in total. The van der Waals surface area contributed by atoms with Gasteiger partial charge in [0.25, 0.3) is 0 Å². The maximum absolute atomic E-state index is 12.4. The minimum atomic E-state index is 0. The molecule has 2 atom stereocenters. The van der Waals surface area contributed by atoms with E-state index >= 15 is 0 Å². The summed E-state index contributed by atoms with van der Waals surface area (Å²) in [6.07, 6.45) is 9.24. The van der Waals surface area contributed by atoms with Gasteiger partial charge in [-0.3, -0.25) is 4.79 Å². The molecule has 19 heavy (non-hydrogen) atoms. The van der Waals surface area contributed by atoms with Crippen molar-refractivity contribution in [3.8, 4) is 0 Å². The van der Waals surface area contributed by atoms with E-state index in [9.17, 15) is 4.79 Å². The lowest BCUT2D eigenvalue weighted by molar-refractivity contribution is -0.133. The van der Waals surface area contributed by atoms with Crippen molar-refractivity contribution in [3.63, 3.8) is 0 Å². The van der Waals surface area contributed by atoms with E-state index in [1.54, 1.807) is 0 Å². The van der Waals surface area contributed by atoms with Gasteiger partial charge in [0.05, 0.1) is 0 Å². The first-order valence-electron chi connectivity index (χ1n) is 7.81. The summed E-state index contributed by atoms with van der Waals surface area (Å²) in [6.45, 7) is 5.47. The van der Waals surface area contributed by atoms with Gasteiger partial charge >= 0.3 is 0 Å². The number of carbonyl (C=O) groups excluding carboxylic acids is 1. The van der Waals surface area contributed by atoms with Gasteiger partial charge in [0, 0.05) is 19.0 Å². The van der Waals surface area contributed by atoms with Crippen molar-refractivity contribution in [2.24, 2.45) is 5.92 Å². The van der Waals surface area contributed by atoms with Crippen LogP contribution < -0.4 is 5.32 Å².